The standard InChI is InChI=1S/3C8H16O2.Bi/c3*1-3-7(2)5-4-6-8(9)10;/h3*7H,3-6H2,1-2H3,(H,9,10);/q;;;+3/p-3. The first-order valence-electron chi connectivity index (χ1n) is 11.6. The number of aliphatic carboxylic acids is 3. The molecule has 0 aliphatic rings. The van der Waals surface area contributed by atoms with Gasteiger partial charge in [-0.2, -0.15) is 0 Å². The summed E-state index contributed by atoms with van der Waals surface area (Å²) in [5.74, 6) is -0.826. The Morgan fingerprint density at radius 1 is 0.548 bits per heavy atom. The van der Waals surface area contributed by atoms with Crippen molar-refractivity contribution in [2.45, 2.75) is 119 Å². The van der Waals surface area contributed by atoms with Crippen LogP contribution in [0, 0.1) is 17.8 Å². The molecule has 2 radical (unpaired) electrons. The van der Waals surface area contributed by atoms with Gasteiger partial charge < -0.3 is 29.7 Å². The van der Waals surface area contributed by atoms with Crippen molar-refractivity contribution in [1.82, 2.24) is 0 Å². The van der Waals surface area contributed by atoms with Gasteiger partial charge in [-0.3, -0.25) is 0 Å². The monoisotopic (exact) mass is 638 g/mol. The van der Waals surface area contributed by atoms with Crippen LogP contribution in [0.15, 0.2) is 0 Å². The van der Waals surface area contributed by atoms with Crippen molar-refractivity contribution in [2.24, 2.45) is 17.8 Å². The largest absolute Gasteiger partial charge is 3.00 e. The maximum Gasteiger partial charge on any atom is 3.00 e. The van der Waals surface area contributed by atoms with Gasteiger partial charge in [0, 0.05) is 17.9 Å². The van der Waals surface area contributed by atoms with Gasteiger partial charge in [-0.15, -0.1) is 0 Å². The van der Waals surface area contributed by atoms with Gasteiger partial charge in [0.1, 0.15) is 0 Å². The fourth-order valence-corrected chi connectivity index (χ4v) is 2.40. The van der Waals surface area contributed by atoms with Crippen LogP contribution in [0.1, 0.15) is 119 Å². The summed E-state index contributed by atoms with van der Waals surface area (Å²) in [6.45, 7) is 12.7. The molecular weight excluding hydrogens is 593 g/mol. The maximum atomic E-state index is 9.96. The van der Waals surface area contributed by atoms with Crippen molar-refractivity contribution in [3.8, 4) is 0 Å². The molecule has 0 amide bonds. The summed E-state index contributed by atoms with van der Waals surface area (Å²) in [4.78, 5) is 29.9. The third kappa shape index (κ3) is 40.2. The van der Waals surface area contributed by atoms with E-state index >= 15 is 0 Å². The minimum atomic E-state index is -0.927. The van der Waals surface area contributed by atoms with E-state index in [4.69, 9.17) is 0 Å². The van der Waals surface area contributed by atoms with E-state index in [-0.39, 0.29) is 45.5 Å². The quantitative estimate of drug-likeness (QED) is 0.254. The molecule has 0 N–H and O–H groups in total. The Bertz CT molecular complexity index is 366. The second-order valence-corrected chi connectivity index (χ2v) is 8.33. The predicted octanol–water partition coefficient (Wildman–Crippen LogP) is 2.48. The van der Waals surface area contributed by atoms with Crippen LogP contribution in [0.3, 0.4) is 0 Å². The molecule has 7 heteroatoms. The normalized spacial score (nSPS) is 12.6. The smallest absolute Gasteiger partial charge is 0.550 e. The molecule has 0 aliphatic heterocycles. The first-order valence-corrected chi connectivity index (χ1v) is 11.6. The van der Waals surface area contributed by atoms with Crippen LogP contribution >= 0.6 is 0 Å². The molecule has 0 bridgehead atoms. The third-order valence-corrected chi connectivity index (χ3v) is 5.32. The van der Waals surface area contributed by atoms with Gasteiger partial charge in [0.2, 0.25) is 0 Å². The summed E-state index contributed by atoms with van der Waals surface area (Å²) in [5.41, 5.74) is 0. The van der Waals surface area contributed by atoms with Crippen LogP contribution in [0.5, 0.6) is 0 Å². The van der Waals surface area contributed by atoms with Crippen LogP contribution in [0.4, 0.5) is 0 Å². The molecule has 0 saturated heterocycles. The van der Waals surface area contributed by atoms with Gasteiger partial charge in [0.25, 0.3) is 0 Å². The fourth-order valence-electron chi connectivity index (χ4n) is 2.40. The summed E-state index contributed by atoms with van der Waals surface area (Å²) in [6.07, 6.45) is 9.33. The number of carbonyl (C=O) groups excluding carboxylic acids is 3. The zero-order chi connectivity index (χ0) is 23.9. The molecule has 6 nitrogen and oxygen atoms in total. The second kappa shape index (κ2) is 27.3. The van der Waals surface area contributed by atoms with Crippen molar-refractivity contribution < 1.29 is 29.7 Å². The SMILES string of the molecule is CCC(C)CCCC(=O)[O-].CCC(C)CCCC(=O)[O-].CCC(C)CCCC(=O)[O-].[Bi+3]. The predicted molar refractivity (Wildman–Crippen MR) is 121 cm³/mol. The van der Waals surface area contributed by atoms with Crippen molar-refractivity contribution >= 4 is 44.1 Å². The topological polar surface area (TPSA) is 120 Å². The Hall–Kier alpha value is -0.707. The van der Waals surface area contributed by atoms with Gasteiger partial charge >= 0.3 is 26.2 Å². The van der Waals surface area contributed by atoms with Gasteiger partial charge in [-0.25, -0.2) is 0 Å². The Morgan fingerprint density at radius 2 is 0.742 bits per heavy atom. The Morgan fingerprint density at radius 3 is 0.871 bits per heavy atom. The van der Waals surface area contributed by atoms with Crippen LogP contribution in [-0.2, 0) is 14.4 Å². The van der Waals surface area contributed by atoms with Crippen molar-refractivity contribution in [1.29, 1.82) is 0 Å². The number of hydrogen-bond acceptors (Lipinski definition) is 6. The first-order chi connectivity index (χ1) is 14.0. The van der Waals surface area contributed by atoms with Gasteiger partial charge in [-0.1, -0.05) is 80.1 Å². The molecule has 0 saturated carbocycles. The molecule has 182 valence electrons. The molecule has 0 aliphatic carbocycles. The van der Waals surface area contributed by atoms with E-state index in [0.717, 1.165) is 57.8 Å². The Kier molecular flexibility index (Phi) is 33.1. The molecule has 0 aromatic rings. The molecule has 0 rings (SSSR count). The molecule has 0 aromatic carbocycles. The molecule has 0 spiro atoms. The summed E-state index contributed by atoms with van der Waals surface area (Å²) in [6, 6.07) is 0. The molecule has 3 atom stereocenters. The van der Waals surface area contributed by atoms with Gasteiger partial charge in [0.15, 0.2) is 0 Å². The Balaban J connectivity index is -0.000000174. The Labute approximate surface area is 209 Å². The third-order valence-electron chi connectivity index (χ3n) is 5.32. The van der Waals surface area contributed by atoms with Crippen molar-refractivity contribution in [2.75, 3.05) is 0 Å². The number of hydrogen-bond donors (Lipinski definition) is 0. The summed E-state index contributed by atoms with van der Waals surface area (Å²) >= 11 is 0. The molecule has 3 unspecified atom stereocenters. The average molecular weight is 639 g/mol. The number of carbonyl (C=O) groups is 3. The maximum absolute atomic E-state index is 9.96. The molecule has 31 heavy (non-hydrogen) atoms. The first kappa shape index (κ1) is 37.6. The van der Waals surface area contributed by atoms with Crippen molar-refractivity contribution in [3.05, 3.63) is 0 Å². The van der Waals surface area contributed by atoms with E-state index in [0.29, 0.717) is 17.8 Å². The van der Waals surface area contributed by atoms with Gasteiger partial charge in [0.05, 0.1) is 0 Å². The van der Waals surface area contributed by atoms with E-state index in [1.54, 1.807) is 0 Å². The molecular formula is C24H45BiO6. The van der Waals surface area contributed by atoms with E-state index in [9.17, 15) is 29.7 Å². The van der Waals surface area contributed by atoms with E-state index in [1.165, 1.54) is 0 Å². The molecule has 0 aromatic heterocycles. The second-order valence-electron chi connectivity index (χ2n) is 8.33. The van der Waals surface area contributed by atoms with Crippen molar-refractivity contribution in [3.63, 3.8) is 0 Å². The summed E-state index contributed by atoms with van der Waals surface area (Å²) in [7, 11) is 0. The summed E-state index contributed by atoms with van der Waals surface area (Å²) < 4.78 is 0. The number of carboxylic acids is 3. The minimum Gasteiger partial charge on any atom is -0.550 e. The van der Waals surface area contributed by atoms with Crippen LogP contribution in [0.25, 0.3) is 0 Å². The van der Waals surface area contributed by atoms with E-state index in [2.05, 4.69) is 41.5 Å². The van der Waals surface area contributed by atoms with Crippen LogP contribution in [0.2, 0.25) is 0 Å². The summed E-state index contributed by atoms with van der Waals surface area (Å²) in [5, 5.41) is 29.9. The number of carboxylic acid groups (broad SMARTS) is 3. The molecule has 0 heterocycles. The molecule has 0 fully saturated rings. The van der Waals surface area contributed by atoms with Gasteiger partial charge in [-0.05, 0) is 56.3 Å². The average Bonchev–Trinajstić information content (AvgIpc) is 2.67. The number of rotatable bonds is 15. The minimum absolute atomic E-state index is 0. The zero-order valence-electron chi connectivity index (χ0n) is 20.6. The zero-order valence-corrected chi connectivity index (χ0v) is 24.1. The van der Waals surface area contributed by atoms with E-state index < -0.39 is 17.9 Å². The van der Waals surface area contributed by atoms with Crippen LogP contribution in [-0.4, -0.2) is 44.1 Å². The van der Waals surface area contributed by atoms with Crippen LogP contribution < -0.4 is 15.3 Å². The van der Waals surface area contributed by atoms with E-state index in [1.807, 2.05) is 0 Å². The fraction of sp³-hybridized carbons (Fsp3) is 0.875.